The third-order valence-corrected chi connectivity index (χ3v) is 4.29. The van der Waals surface area contributed by atoms with Gasteiger partial charge in [-0.25, -0.2) is 4.79 Å². The molecule has 2 N–H and O–H groups in total. The Balaban J connectivity index is 1.67. The van der Waals surface area contributed by atoms with Gasteiger partial charge in [-0.2, -0.15) is 10.2 Å². The highest BCUT2D eigenvalue weighted by atomic mass is 16.5. The zero-order valence-electron chi connectivity index (χ0n) is 15.1. The molecule has 0 saturated heterocycles. The molecule has 0 unspecified atom stereocenters. The van der Waals surface area contributed by atoms with Crippen LogP contribution in [0.4, 0.5) is 5.69 Å². The van der Waals surface area contributed by atoms with E-state index >= 15 is 0 Å². The number of anilines is 1. The van der Waals surface area contributed by atoms with Gasteiger partial charge in [-0.05, 0) is 17.5 Å². The molecule has 0 aliphatic rings. The Morgan fingerprint density at radius 1 is 1.21 bits per heavy atom. The Kier molecular flexibility index (Phi) is 4.32. The van der Waals surface area contributed by atoms with Crippen molar-refractivity contribution in [3.05, 3.63) is 60.3 Å². The van der Waals surface area contributed by atoms with E-state index < -0.39 is 11.9 Å². The summed E-state index contributed by atoms with van der Waals surface area (Å²) < 4.78 is 6.38. The zero-order valence-corrected chi connectivity index (χ0v) is 15.1. The summed E-state index contributed by atoms with van der Waals surface area (Å²) in [7, 11) is 3.09. The minimum Gasteiger partial charge on any atom is -0.465 e. The van der Waals surface area contributed by atoms with Gasteiger partial charge in [0.2, 0.25) is 0 Å². The van der Waals surface area contributed by atoms with Crippen LogP contribution in [-0.4, -0.2) is 43.9 Å². The lowest BCUT2D eigenvalue weighted by molar-refractivity contribution is 0.0597. The van der Waals surface area contributed by atoms with Crippen molar-refractivity contribution >= 4 is 28.3 Å². The third-order valence-electron chi connectivity index (χ3n) is 4.29. The molecule has 4 rings (SSSR count). The Hall–Kier alpha value is -4.01. The minimum absolute atomic E-state index is 0.0313. The Morgan fingerprint density at radius 3 is 2.82 bits per heavy atom. The fourth-order valence-electron chi connectivity index (χ4n) is 2.90. The van der Waals surface area contributed by atoms with E-state index in [4.69, 9.17) is 0 Å². The minimum atomic E-state index is -0.639. The average molecular weight is 376 g/mol. The highest BCUT2D eigenvalue weighted by Crippen LogP contribution is 2.27. The fourth-order valence-corrected chi connectivity index (χ4v) is 2.90. The van der Waals surface area contributed by atoms with E-state index in [1.807, 2.05) is 31.4 Å². The molecule has 0 atom stereocenters. The predicted molar refractivity (Wildman–Crippen MR) is 102 cm³/mol. The number of ether oxygens (including phenoxy) is 1. The van der Waals surface area contributed by atoms with E-state index in [2.05, 4.69) is 30.3 Å². The molecule has 3 heterocycles. The molecule has 9 nitrogen and oxygen atoms in total. The maximum atomic E-state index is 12.6. The summed E-state index contributed by atoms with van der Waals surface area (Å²) in [6.07, 6.45) is 6.58. The highest BCUT2D eigenvalue weighted by molar-refractivity contribution is 6.12. The molecule has 0 saturated carbocycles. The van der Waals surface area contributed by atoms with E-state index in [-0.39, 0.29) is 11.3 Å². The van der Waals surface area contributed by atoms with Crippen molar-refractivity contribution in [1.82, 2.24) is 25.0 Å². The zero-order chi connectivity index (χ0) is 19.7. The van der Waals surface area contributed by atoms with Gasteiger partial charge in [0.1, 0.15) is 11.3 Å². The number of pyridine rings is 1. The second kappa shape index (κ2) is 6.95. The Labute approximate surface area is 159 Å². The van der Waals surface area contributed by atoms with E-state index in [0.29, 0.717) is 5.69 Å². The number of hydrogen-bond donors (Lipinski definition) is 2. The van der Waals surface area contributed by atoms with Crippen LogP contribution in [0, 0.1) is 0 Å². The van der Waals surface area contributed by atoms with Gasteiger partial charge in [-0.1, -0.05) is 12.1 Å². The number of nitrogens with zero attached hydrogens (tertiary/aromatic N) is 4. The Morgan fingerprint density at radius 2 is 2.07 bits per heavy atom. The lowest BCUT2D eigenvalue weighted by atomic mass is 10.1. The number of carbonyl (C=O) groups excluding carboxylic acids is 2. The quantitative estimate of drug-likeness (QED) is 0.529. The van der Waals surface area contributed by atoms with Gasteiger partial charge < -0.3 is 10.1 Å². The van der Waals surface area contributed by atoms with E-state index in [0.717, 1.165) is 22.0 Å². The molecule has 140 valence electrons. The van der Waals surface area contributed by atoms with E-state index in [1.165, 1.54) is 13.3 Å². The molecule has 9 heteroatoms. The number of rotatable bonds is 4. The van der Waals surface area contributed by atoms with Crippen molar-refractivity contribution in [1.29, 1.82) is 0 Å². The van der Waals surface area contributed by atoms with E-state index in [9.17, 15) is 9.59 Å². The molecule has 1 amide bonds. The molecular weight excluding hydrogens is 360 g/mol. The SMILES string of the molecule is COC(=O)c1cn[nH]c1C(=O)Nc1cccc2cc(-c3cnn(C)c3)ncc12. The van der Waals surface area contributed by atoms with Gasteiger partial charge in [0.05, 0.1) is 30.9 Å². The van der Waals surface area contributed by atoms with Gasteiger partial charge in [0, 0.05) is 30.4 Å². The lowest BCUT2D eigenvalue weighted by Crippen LogP contribution is -2.17. The van der Waals surface area contributed by atoms with Gasteiger partial charge in [0.25, 0.3) is 5.91 Å². The topological polar surface area (TPSA) is 115 Å². The van der Waals surface area contributed by atoms with Gasteiger partial charge >= 0.3 is 5.97 Å². The first-order valence-corrected chi connectivity index (χ1v) is 8.37. The number of aromatic nitrogens is 5. The van der Waals surface area contributed by atoms with Crippen LogP contribution in [0.1, 0.15) is 20.8 Å². The molecule has 0 fully saturated rings. The molecule has 1 aromatic carbocycles. The molecule has 0 spiro atoms. The smallest absolute Gasteiger partial charge is 0.341 e. The first-order valence-electron chi connectivity index (χ1n) is 8.37. The number of hydrogen-bond acceptors (Lipinski definition) is 6. The normalized spacial score (nSPS) is 10.8. The Bertz CT molecular complexity index is 1190. The first-order chi connectivity index (χ1) is 13.6. The monoisotopic (exact) mass is 376 g/mol. The highest BCUT2D eigenvalue weighted by Gasteiger charge is 2.20. The standard InChI is InChI=1S/C19H16N6O3/c1-25-10-12(7-22-25)16-6-11-4-3-5-15(13(11)8-20-16)23-18(26)17-14(9-21-24-17)19(27)28-2/h3-10H,1-2H3,(H,21,24)(H,23,26). The molecule has 0 aliphatic heterocycles. The van der Waals surface area contributed by atoms with Crippen molar-refractivity contribution in [2.24, 2.45) is 7.05 Å². The second-order valence-electron chi connectivity index (χ2n) is 6.10. The summed E-state index contributed by atoms with van der Waals surface area (Å²) in [6, 6.07) is 7.46. The van der Waals surface area contributed by atoms with Crippen molar-refractivity contribution in [3.8, 4) is 11.3 Å². The molecule has 4 aromatic rings. The van der Waals surface area contributed by atoms with Crippen LogP contribution in [-0.2, 0) is 11.8 Å². The summed E-state index contributed by atoms with van der Waals surface area (Å²) >= 11 is 0. The van der Waals surface area contributed by atoms with Crippen molar-refractivity contribution < 1.29 is 14.3 Å². The summed E-state index contributed by atoms with van der Waals surface area (Å²) in [6.45, 7) is 0. The number of methoxy groups -OCH3 is 1. The second-order valence-corrected chi connectivity index (χ2v) is 6.10. The maximum Gasteiger partial charge on any atom is 0.341 e. The van der Waals surface area contributed by atoms with Crippen molar-refractivity contribution in [2.45, 2.75) is 0 Å². The van der Waals surface area contributed by atoms with Gasteiger partial charge in [-0.3, -0.25) is 19.6 Å². The number of aryl methyl sites for hydroxylation is 1. The number of nitrogens with one attached hydrogen (secondary N) is 2. The molecular formula is C19H16N6O3. The first kappa shape index (κ1) is 17.4. The van der Waals surface area contributed by atoms with Crippen LogP contribution < -0.4 is 5.32 Å². The van der Waals surface area contributed by atoms with Crippen molar-refractivity contribution in [3.63, 3.8) is 0 Å². The largest absolute Gasteiger partial charge is 0.465 e. The van der Waals surface area contributed by atoms with Crippen molar-refractivity contribution in [2.75, 3.05) is 12.4 Å². The number of carbonyl (C=O) groups is 2. The third kappa shape index (κ3) is 3.09. The summed E-state index contributed by atoms with van der Waals surface area (Å²) in [4.78, 5) is 28.9. The molecule has 28 heavy (non-hydrogen) atoms. The molecule has 3 aromatic heterocycles. The van der Waals surface area contributed by atoms with Crippen LogP contribution in [0.2, 0.25) is 0 Å². The summed E-state index contributed by atoms with van der Waals surface area (Å²) in [5.74, 6) is -1.14. The van der Waals surface area contributed by atoms with Gasteiger partial charge in [-0.15, -0.1) is 0 Å². The van der Waals surface area contributed by atoms with Crippen LogP contribution in [0.15, 0.2) is 49.1 Å². The van der Waals surface area contributed by atoms with Crippen LogP contribution in [0.5, 0.6) is 0 Å². The molecule has 0 radical (unpaired) electrons. The number of amides is 1. The average Bonchev–Trinajstić information content (AvgIpc) is 3.36. The van der Waals surface area contributed by atoms with Crippen LogP contribution in [0.25, 0.3) is 22.0 Å². The van der Waals surface area contributed by atoms with Gasteiger partial charge in [0.15, 0.2) is 0 Å². The predicted octanol–water partition coefficient (Wildman–Crippen LogP) is 2.40. The number of H-pyrrole nitrogens is 1. The molecule has 0 aliphatic carbocycles. The maximum absolute atomic E-state index is 12.6. The van der Waals surface area contributed by atoms with Crippen LogP contribution in [0.3, 0.4) is 0 Å². The van der Waals surface area contributed by atoms with Crippen LogP contribution >= 0.6 is 0 Å². The number of benzene rings is 1. The fraction of sp³-hybridized carbons (Fsp3) is 0.105. The lowest BCUT2D eigenvalue weighted by Gasteiger charge is -2.09. The summed E-state index contributed by atoms with van der Waals surface area (Å²) in [5.41, 5.74) is 2.35. The van der Waals surface area contributed by atoms with E-state index in [1.54, 1.807) is 23.1 Å². The number of fused-ring (bicyclic) bond motifs is 1. The summed E-state index contributed by atoms with van der Waals surface area (Å²) in [5, 5.41) is 14.9. The number of esters is 1. The number of aromatic amines is 1. The molecule has 0 bridgehead atoms.